The number of carbonyl (C=O) groups excluding carboxylic acids is 1. The number of nitrogens with zero attached hydrogens (tertiary/aromatic N) is 3. The van der Waals surface area contributed by atoms with E-state index in [0.717, 1.165) is 39.9 Å². The lowest BCUT2D eigenvalue weighted by Crippen LogP contribution is -2.16. The minimum Gasteiger partial charge on any atom is -0.463 e. The number of benzene rings is 1. The van der Waals surface area contributed by atoms with E-state index in [2.05, 4.69) is 22.4 Å². The number of carbonyl (C=O) groups is 1. The molecule has 0 radical (unpaired) electrons. The number of hydrogen-bond donors (Lipinski definition) is 1. The van der Waals surface area contributed by atoms with Crippen LogP contribution in [0.25, 0.3) is 16.6 Å². The van der Waals surface area contributed by atoms with Crippen molar-refractivity contribution in [1.82, 2.24) is 14.6 Å². The topological polar surface area (TPSA) is 72.4 Å². The molecule has 6 nitrogen and oxygen atoms in total. The van der Waals surface area contributed by atoms with Crippen LogP contribution < -0.4 is 5.32 Å². The molecule has 0 saturated carbocycles. The van der Waals surface area contributed by atoms with Crippen LogP contribution in [0, 0.1) is 6.92 Å². The Labute approximate surface area is 154 Å². The molecule has 0 unspecified atom stereocenters. The number of nitrogens with one attached hydrogen (secondary N) is 1. The smallest absolute Gasteiger partial charge is 0.234 e. The van der Waals surface area contributed by atoms with Gasteiger partial charge in [-0.1, -0.05) is 36.9 Å². The highest BCUT2D eigenvalue weighted by molar-refractivity contribution is 8.00. The first kappa shape index (κ1) is 16.7. The molecule has 0 aliphatic heterocycles. The Morgan fingerprint density at radius 2 is 2.19 bits per heavy atom. The molecular formula is C19H18N4O2S. The molecule has 0 atom stereocenters. The van der Waals surface area contributed by atoms with E-state index in [0.29, 0.717) is 5.03 Å². The van der Waals surface area contributed by atoms with Crippen LogP contribution in [0.3, 0.4) is 0 Å². The first-order valence-corrected chi connectivity index (χ1v) is 9.37. The van der Waals surface area contributed by atoms with Crippen molar-refractivity contribution in [2.75, 3.05) is 11.1 Å². The summed E-state index contributed by atoms with van der Waals surface area (Å²) in [5.74, 6) is 0.205. The first-order chi connectivity index (χ1) is 12.7. The second kappa shape index (κ2) is 6.84. The van der Waals surface area contributed by atoms with Gasteiger partial charge in [0.15, 0.2) is 5.58 Å². The van der Waals surface area contributed by atoms with Crippen LogP contribution in [0.1, 0.15) is 18.1 Å². The van der Waals surface area contributed by atoms with E-state index in [-0.39, 0.29) is 11.7 Å². The molecule has 1 aromatic carbocycles. The number of furan rings is 1. The Hall–Kier alpha value is -2.80. The van der Waals surface area contributed by atoms with Gasteiger partial charge < -0.3 is 9.73 Å². The second-order valence-electron chi connectivity index (χ2n) is 6.01. The fraction of sp³-hybridized carbons (Fsp3) is 0.211. The molecule has 1 amide bonds. The van der Waals surface area contributed by atoms with Crippen molar-refractivity contribution in [3.8, 4) is 0 Å². The largest absolute Gasteiger partial charge is 0.463 e. The fourth-order valence-electron chi connectivity index (χ4n) is 3.03. The molecule has 0 spiro atoms. The number of aryl methyl sites for hydroxylation is 2. The number of fused-ring (bicyclic) bond motifs is 3. The van der Waals surface area contributed by atoms with Crippen molar-refractivity contribution in [3.63, 3.8) is 0 Å². The van der Waals surface area contributed by atoms with Gasteiger partial charge in [-0.15, -0.1) is 10.2 Å². The van der Waals surface area contributed by atoms with E-state index in [1.54, 1.807) is 12.6 Å². The fourth-order valence-corrected chi connectivity index (χ4v) is 3.78. The SMILES string of the molecule is CCc1cccc(C)c1NC(=O)CSc1nncn2c1cc1occc12. The maximum atomic E-state index is 12.5. The van der Waals surface area contributed by atoms with Gasteiger partial charge in [-0.3, -0.25) is 9.20 Å². The maximum absolute atomic E-state index is 12.5. The van der Waals surface area contributed by atoms with Crippen molar-refractivity contribution in [2.24, 2.45) is 0 Å². The van der Waals surface area contributed by atoms with Crippen molar-refractivity contribution in [3.05, 3.63) is 54.0 Å². The highest BCUT2D eigenvalue weighted by Gasteiger charge is 2.14. The van der Waals surface area contributed by atoms with Crippen molar-refractivity contribution in [1.29, 1.82) is 0 Å². The summed E-state index contributed by atoms with van der Waals surface area (Å²) < 4.78 is 7.36. The van der Waals surface area contributed by atoms with Gasteiger partial charge >= 0.3 is 0 Å². The van der Waals surface area contributed by atoms with Gasteiger partial charge in [-0.05, 0) is 24.5 Å². The Balaban J connectivity index is 1.52. The highest BCUT2D eigenvalue weighted by atomic mass is 32.2. The molecule has 0 aliphatic rings. The van der Waals surface area contributed by atoms with E-state index in [4.69, 9.17) is 4.42 Å². The van der Waals surface area contributed by atoms with E-state index in [9.17, 15) is 4.79 Å². The highest BCUT2D eigenvalue weighted by Crippen LogP contribution is 2.28. The number of hydrogen-bond acceptors (Lipinski definition) is 5. The van der Waals surface area contributed by atoms with Gasteiger partial charge in [0, 0.05) is 17.8 Å². The third-order valence-electron chi connectivity index (χ3n) is 4.34. The summed E-state index contributed by atoms with van der Waals surface area (Å²) in [6.07, 6.45) is 4.17. The number of para-hydroxylation sites is 1. The van der Waals surface area contributed by atoms with Crippen LogP contribution in [-0.4, -0.2) is 26.3 Å². The first-order valence-electron chi connectivity index (χ1n) is 8.38. The average Bonchev–Trinajstić information content (AvgIpc) is 3.23. The standard InChI is InChI=1S/C19H18N4O2S/c1-3-13-6-4-5-12(2)18(13)21-17(24)10-26-19-15-9-16-14(7-8-25-16)23(15)11-20-22-19/h4-9,11H,3,10H2,1-2H3,(H,21,24). The third kappa shape index (κ3) is 2.94. The van der Waals surface area contributed by atoms with Crippen molar-refractivity contribution in [2.45, 2.75) is 25.3 Å². The van der Waals surface area contributed by atoms with Crippen LogP contribution in [0.15, 0.2) is 52.4 Å². The van der Waals surface area contributed by atoms with Gasteiger partial charge in [0.05, 0.1) is 23.0 Å². The Bertz CT molecular complexity index is 1100. The lowest BCUT2D eigenvalue weighted by molar-refractivity contribution is -0.113. The number of amides is 1. The molecule has 0 bridgehead atoms. The minimum atomic E-state index is -0.0574. The third-order valence-corrected chi connectivity index (χ3v) is 5.31. The normalized spacial score (nSPS) is 11.3. The summed E-state index contributed by atoms with van der Waals surface area (Å²) in [4.78, 5) is 12.5. The van der Waals surface area contributed by atoms with Crippen LogP contribution in [0.4, 0.5) is 5.69 Å². The van der Waals surface area contributed by atoms with Crippen LogP contribution in [0.2, 0.25) is 0 Å². The van der Waals surface area contributed by atoms with Gasteiger partial charge in [0.2, 0.25) is 5.91 Å². The van der Waals surface area contributed by atoms with E-state index in [1.807, 2.05) is 41.7 Å². The zero-order valence-corrected chi connectivity index (χ0v) is 15.3. The second-order valence-corrected chi connectivity index (χ2v) is 6.97. The summed E-state index contributed by atoms with van der Waals surface area (Å²) in [7, 11) is 0. The minimum absolute atomic E-state index is 0.0574. The predicted octanol–water partition coefficient (Wildman–Crippen LogP) is 4.08. The number of anilines is 1. The van der Waals surface area contributed by atoms with Gasteiger partial charge in [-0.2, -0.15) is 0 Å². The molecule has 0 aliphatic carbocycles. The van der Waals surface area contributed by atoms with Crippen molar-refractivity contribution < 1.29 is 9.21 Å². The molecule has 4 rings (SSSR count). The molecule has 7 heteroatoms. The monoisotopic (exact) mass is 366 g/mol. The predicted molar refractivity (Wildman–Crippen MR) is 103 cm³/mol. The van der Waals surface area contributed by atoms with Crippen LogP contribution >= 0.6 is 11.8 Å². The van der Waals surface area contributed by atoms with E-state index < -0.39 is 0 Å². The van der Waals surface area contributed by atoms with Gasteiger partial charge in [-0.25, -0.2) is 0 Å². The zero-order chi connectivity index (χ0) is 18.1. The van der Waals surface area contributed by atoms with E-state index in [1.165, 1.54) is 11.8 Å². The lowest BCUT2D eigenvalue weighted by atomic mass is 10.1. The maximum Gasteiger partial charge on any atom is 0.234 e. The van der Waals surface area contributed by atoms with E-state index >= 15 is 0 Å². The lowest BCUT2D eigenvalue weighted by Gasteiger charge is -2.12. The molecule has 1 N–H and O–H groups in total. The summed E-state index contributed by atoms with van der Waals surface area (Å²) in [5, 5.41) is 12.0. The number of rotatable bonds is 5. The Kier molecular flexibility index (Phi) is 4.38. The molecule has 0 fully saturated rings. The van der Waals surface area contributed by atoms with Gasteiger partial charge in [0.25, 0.3) is 0 Å². The summed E-state index contributed by atoms with van der Waals surface area (Å²) in [6.45, 7) is 4.08. The molecule has 3 aromatic heterocycles. The quantitative estimate of drug-likeness (QED) is 0.539. The molecule has 4 aromatic rings. The molecular weight excluding hydrogens is 348 g/mol. The zero-order valence-electron chi connectivity index (χ0n) is 14.5. The summed E-state index contributed by atoms with van der Waals surface area (Å²) in [5.41, 5.74) is 5.71. The summed E-state index contributed by atoms with van der Waals surface area (Å²) >= 11 is 1.37. The molecule has 132 valence electrons. The Morgan fingerprint density at radius 1 is 1.31 bits per heavy atom. The molecule has 3 heterocycles. The number of aromatic nitrogens is 3. The molecule has 0 saturated heterocycles. The van der Waals surface area contributed by atoms with Crippen LogP contribution in [-0.2, 0) is 11.2 Å². The molecule has 26 heavy (non-hydrogen) atoms. The van der Waals surface area contributed by atoms with Crippen LogP contribution in [0.5, 0.6) is 0 Å². The van der Waals surface area contributed by atoms with Gasteiger partial charge in [0.1, 0.15) is 11.4 Å². The van der Waals surface area contributed by atoms with Crippen molar-refractivity contribution >= 4 is 40.0 Å². The average molecular weight is 366 g/mol. The summed E-state index contributed by atoms with van der Waals surface area (Å²) in [6, 6.07) is 9.86. The number of thioether (sulfide) groups is 1. The Morgan fingerprint density at radius 3 is 3.04 bits per heavy atom.